The van der Waals surface area contributed by atoms with Crippen molar-refractivity contribution in [3.8, 4) is 0 Å². The van der Waals surface area contributed by atoms with Gasteiger partial charge in [-0.3, -0.25) is 10.1 Å². The molecule has 20 heavy (non-hydrogen) atoms. The molecule has 0 radical (unpaired) electrons. The average Bonchev–Trinajstić information content (AvgIpc) is 2.47. The monoisotopic (exact) mass is 344 g/mol. The Morgan fingerprint density at radius 2 is 2.15 bits per heavy atom. The van der Waals surface area contributed by atoms with E-state index in [9.17, 15) is 15.2 Å². The molecule has 7 heteroatoms. The molecule has 0 aromatic heterocycles. The van der Waals surface area contributed by atoms with E-state index in [0.717, 1.165) is 0 Å². The summed E-state index contributed by atoms with van der Waals surface area (Å²) in [5, 5.41) is 23.9. The number of nitro groups is 1. The lowest BCUT2D eigenvalue weighted by Crippen LogP contribution is -2.51. The maximum absolute atomic E-state index is 11.1. The maximum Gasteiger partial charge on any atom is 0.275 e. The van der Waals surface area contributed by atoms with Gasteiger partial charge in [0.1, 0.15) is 0 Å². The molecule has 1 fully saturated rings. The summed E-state index contributed by atoms with van der Waals surface area (Å²) in [4.78, 5) is 10.7. The van der Waals surface area contributed by atoms with Crippen LogP contribution in [0.5, 0.6) is 0 Å². The van der Waals surface area contributed by atoms with Crippen LogP contribution in [0.15, 0.2) is 22.7 Å². The number of nitrogens with zero attached hydrogens (tertiary/aromatic N) is 1. The van der Waals surface area contributed by atoms with Crippen molar-refractivity contribution >= 4 is 21.6 Å². The smallest absolute Gasteiger partial charge is 0.275 e. The van der Waals surface area contributed by atoms with Crippen LogP contribution in [-0.2, 0) is 11.3 Å². The second-order valence-corrected chi connectivity index (χ2v) is 5.85. The van der Waals surface area contributed by atoms with Gasteiger partial charge in [0, 0.05) is 41.4 Å². The molecule has 0 amide bonds. The topological polar surface area (TPSA) is 84.6 Å². The zero-order chi connectivity index (χ0) is 14.6. The van der Waals surface area contributed by atoms with Gasteiger partial charge >= 0.3 is 0 Å². The van der Waals surface area contributed by atoms with E-state index >= 15 is 0 Å². The molecule has 0 unspecified atom stereocenters. The molecule has 1 aliphatic heterocycles. The maximum atomic E-state index is 11.1. The van der Waals surface area contributed by atoms with Gasteiger partial charge in [0.15, 0.2) is 0 Å². The minimum Gasteiger partial charge on any atom is -0.394 e. The molecule has 0 atom stereocenters. The average molecular weight is 345 g/mol. The molecule has 110 valence electrons. The van der Waals surface area contributed by atoms with Crippen LogP contribution < -0.4 is 5.32 Å². The lowest BCUT2D eigenvalue weighted by Gasteiger charge is -2.36. The molecule has 1 heterocycles. The van der Waals surface area contributed by atoms with Gasteiger partial charge in [-0.25, -0.2) is 0 Å². The van der Waals surface area contributed by atoms with E-state index < -0.39 is 10.5 Å². The van der Waals surface area contributed by atoms with Gasteiger partial charge in [0.2, 0.25) is 0 Å². The third-order valence-electron chi connectivity index (χ3n) is 3.65. The summed E-state index contributed by atoms with van der Waals surface area (Å²) in [6, 6.07) is 4.99. The Kier molecular flexibility index (Phi) is 5.09. The number of hydrogen-bond acceptors (Lipinski definition) is 5. The number of aliphatic hydroxyl groups excluding tert-OH is 1. The Balaban J connectivity index is 2.11. The fraction of sp³-hybridized carbons (Fsp3) is 0.538. The molecule has 2 rings (SSSR count). The Morgan fingerprint density at radius 3 is 2.75 bits per heavy atom. The van der Waals surface area contributed by atoms with Gasteiger partial charge < -0.3 is 15.2 Å². The molecule has 1 aromatic rings. The summed E-state index contributed by atoms with van der Waals surface area (Å²) in [5.74, 6) is 0. The molecule has 1 aliphatic rings. The lowest BCUT2D eigenvalue weighted by atomic mass is 9.90. The highest BCUT2D eigenvalue weighted by atomic mass is 79.9. The summed E-state index contributed by atoms with van der Waals surface area (Å²) in [6.45, 7) is 1.54. The molecular formula is C13H17BrN2O4. The van der Waals surface area contributed by atoms with Crippen LogP contribution in [0.1, 0.15) is 18.4 Å². The Morgan fingerprint density at radius 1 is 1.45 bits per heavy atom. The lowest BCUT2D eigenvalue weighted by molar-refractivity contribution is -0.385. The number of aliphatic hydroxyl groups is 1. The van der Waals surface area contributed by atoms with Crippen molar-refractivity contribution in [3.63, 3.8) is 0 Å². The molecule has 1 aromatic carbocycles. The minimum absolute atomic E-state index is 0.000680. The zero-order valence-electron chi connectivity index (χ0n) is 11.0. The van der Waals surface area contributed by atoms with Crippen molar-refractivity contribution in [2.24, 2.45) is 0 Å². The van der Waals surface area contributed by atoms with Crippen LogP contribution in [0, 0.1) is 10.1 Å². The number of ether oxygens (including phenoxy) is 1. The third kappa shape index (κ3) is 3.54. The highest BCUT2D eigenvalue weighted by Crippen LogP contribution is 2.26. The first-order valence-electron chi connectivity index (χ1n) is 6.43. The fourth-order valence-electron chi connectivity index (χ4n) is 2.29. The van der Waals surface area contributed by atoms with Crippen LogP contribution in [-0.4, -0.2) is 35.4 Å². The molecule has 1 saturated heterocycles. The number of nitro benzene ring substituents is 1. The van der Waals surface area contributed by atoms with Crippen LogP contribution >= 0.6 is 15.9 Å². The van der Waals surface area contributed by atoms with Crippen molar-refractivity contribution in [3.05, 3.63) is 38.3 Å². The number of halogens is 1. The van der Waals surface area contributed by atoms with Crippen molar-refractivity contribution in [1.29, 1.82) is 0 Å². The van der Waals surface area contributed by atoms with E-state index in [0.29, 0.717) is 42.6 Å². The van der Waals surface area contributed by atoms with Crippen molar-refractivity contribution in [2.75, 3.05) is 19.8 Å². The molecular weight excluding hydrogens is 328 g/mol. The van der Waals surface area contributed by atoms with E-state index in [1.54, 1.807) is 12.1 Å². The first kappa shape index (κ1) is 15.4. The second kappa shape index (κ2) is 6.62. The summed E-state index contributed by atoms with van der Waals surface area (Å²) in [6.07, 6.45) is 1.40. The number of rotatable bonds is 5. The van der Waals surface area contributed by atoms with Gasteiger partial charge in [-0.2, -0.15) is 0 Å². The Labute approximate surface area is 125 Å². The largest absolute Gasteiger partial charge is 0.394 e. The van der Waals surface area contributed by atoms with E-state index in [-0.39, 0.29) is 12.3 Å². The van der Waals surface area contributed by atoms with Gasteiger partial charge in [0.05, 0.1) is 11.5 Å². The van der Waals surface area contributed by atoms with E-state index in [4.69, 9.17) is 4.74 Å². The number of hydrogen-bond donors (Lipinski definition) is 2. The van der Waals surface area contributed by atoms with Crippen molar-refractivity contribution in [1.82, 2.24) is 5.32 Å². The second-order valence-electron chi connectivity index (χ2n) is 4.93. The molecule has 0 spiro atoms. The first-order valence-corrected chi connectivity index (χ1v) is 7.22. The van der Waals surface area contributed by atoms with E-state index in [1.807, 2.05) is 0 Å². The quantitative estimate of drug-likeness (QED) is 0.630. The predicted octanol–water partition coefficient (Wildman–Crippen LogP) is 1.99. The first-order chi connectivity index (χ1) is 9.56. The van der Waals surface area contributed by atoms with Crippen molar-refractivity contribution < 1.29 is 14.8 Å². The highest BCUT2D eigenvalue weighted by Gasteiger charge is 2.31. The van der Waals surface area contributed by atoms with Gasteiger partial charge in [0.25, 0.3) is 5.69 Å². The molecule has 6 nitrogen and oxygen atoms in total. The van der Waals surface area contributed by atoms with Crippen LogP contribution in [0.2, 0.25) is 0 Å². The summed E-state index contributed by atoms with van der Waals surface area (Å²) in [7, 11) is 0. The minimum atomic E-state index is -0.404. The normalized spacial score (nSPS) is 17.9. The molecule has 0 bridgehead atoms. The van der Waals surface area contributed by atoms with Crippen LogP contribution in [0.25, 0.3) is 0 Å². The van der Waals surface area contributed by atoms with Gasteiger partial charge in [-0.15, -0.1) is 0 Å². The summed E-state index contributed by atoms with van der Waals surface area (Å²) >= 11 is 3.24. The van der Waals surface area contributed by atoms with Gasteiger partial charge in [-0.1, -0.05) is 15.9 Å². The summed E-state index contributed by atoms with van der Waals surface area (Å²) < 4.78 is 5.97. The predicted molar refractivity (Wildman–Crippen MR) is 77.5 cm³/mol. The van der Waals surface area contributed by atoms with Crippen LogP contribution in [0.3, 0.4) is 0 Å². The fourth-order valence-corrected chi connectivity index (χ4v) is 2.64. The third-order valence-corrected chi connectivity index (χ3v) is 4.14. The Hall–Kier alpha value is -1.02. The standard InChI is InChI=1S/C13H17BrN2O4/c14-11-2-1-10(12(7-11)16(18)19)8-15-13(9-17)3-5-20-6-4-13/h1-2,7,15,17H,3-6,8-9H2. The van der Waals surface area contributed by atoms with E-state index in [2.05, 4.69) is 21.2 Å². The van der Waals surface area contributed by atoms with Crippen LogP contribution in [0.4, 0.5) is 5.69 Å². The van der Waals surface area contributed by atoms with Crippen molar-refractivity contribution in [2.45, 2.75) is 24.9 Å². The Bertz CT molecular complexity index is 489. The molecule has 0 saturated carbocycles. The zero-order valence-corrected chi connectivity index (χ0v) is 12.6. The molecule has 0 aliphatic carbocycles. The molecule has 2 N–H and O–H groups in total. The summed E-state index contributed by atoms with van der Waals surface area (Å²) in [5.41, 5.74) is 0.281. The number of benzene rings is 1. The van der Waals surface area contributed by atoms with Gasteiger partial charge in [-0.05, 0) is 25.0 Å². The SMILES string of the molecule is O=[N+]([O-])c1cc(Br)ccc1CNC1(CO)CCOCC1. The van der Waals surface area contributed by atoms with E-state index in [1.165, 1.54) is 6.07 Å². The highest BCUT2D eigenvalue weighted by molar-refractivity contribution is 9.10. The number of nitrogens with one attached hydrogen (secondary N) is 1.